The number of hydrogen-bond acceptors (Lipinski definition) is 7. The SMILES string of the molecule is CCOC(=O)C(OCC[N+](=O)[O-])C(=O)OCC. The Kier molecular flexibility index (Phi) is 7.61. The van der Waals surface area contributed by atoms with Gasteiger partial charge in [0.2, 0.25) is 6.54 Å². The third-order valence-corrected chi connectivity index (χ3v) is 1.56. The van der Waals surface area contributed by atoms with Crippen molar-refractivity contribution in [2.45, 2.75) is 20.0 Å². The largest absolute Gasteiger partial charge is 0.464 e. The molecule has 98 valence electrons. The van der Waals surface area contributed by atoms with Crippen LogP contribution in [0, 0.1) is 10.1 Å². The van der Waals surface area contributed by atoms with Gasteiger partial charge in [-0.3, -0.25) is 10.1 Å². The van der Waals surface area contributed by atoms with E-state index >= 15 is 0 Å². The van der Waals surface area contributed by atoms with Crippen LogP contribution in [0.5, 0.6) is 0 Å². The zero-order valence-corrected chi connectivity index (χ0v) is 9.71. The van der Waals surface area contributed by atoms with Crippen molar-refractivity contribution < 1.29 is 28.7 Å². The van der Waals surface area contributed by atoms with Crippen LogP contribution in [0.4, 0.5) is 0 Å². The molecule has 0 saturated heterocycles. The molecule has 8 nitrogen and oxygen atoms in total. The summed E-state index contributed by atoms with van der Waals surface area (Å²) < 4.78 is 14.0. The molecule has 0 saturated carbocycles. The maximum atomic E-state index is 11.3. The van der Waals surface area contributed by atoms with Crippen molar-refractivity contribution in [1.82, 2.24) is 0 Å². The maximum Gasteiger partial charge on any atom is 0.347 e. The van der Waals surface area contributed by atoms with Crippen LogP contribution in [0.3, 0.4) is 0 Å². The number of ether oxygens (including phenoxy) is 3. The van der Waals surface area contributed by atoms with Crippen molar-refractivity contribution in [1.29, 1.82) is 0 Å². The number of nitrogens with zero attached hydrogens (tertiary/aromatic N) is 1. The first kappa shape index (κ1) is 15.3. The second-order valence-corrected chi connectivity index (χ2v) is 2.81. The van der Waals surface area contributed by atoms with E-state index in [1.165, 1.54) is 0 Å². The molecule has 0 amide bonds. The van der Waals surface area contributed by atoms with Gasteiger partial charge in [0, 0.05) is 4.92 Å². The lowest BCUT2D eigenvalue weighted by molar-refractivity contribution is -0.483. The predicted octanol–water partition coefficient (Wildman–Crippen LogP) is -0.226. The van der Waals surface area contributed by atoms with Gasteiger partial charge in [-0.2, -0.15) is 0 Å². The first-order chi connectivity index (χ1) is 8.02. The molecule has 0 heterocycles. The Labute approximate surface area is 98.0 Å². The van der Waals surface area contributed by atoms with Crippen molar-refractivity contribution in [3.63, 3.8) is 0 Å². The Morgan fingerprint density at radius 1 is 1.18 bits per heavy atom. The third kappa shape index (κ3) is 6.46. The summed E-state index contributed by atoms with van der Waals surface area (Å²) in [5.41, 5.74) is 0. The van der Waals surface area contributed by atoms with E-state index in [0.717, 1.165) is 0 Å². The third-order valence-electron chi connectivity index (χ3n) is 1.56. The molecular formula is C9H15NO7. The molecule has 17 heavy (non-hydrogen) atoms. The lowest BCUT2D eigenvalue weighted by Gasteiger charge is -2.13. The number of nitro groups is 1. The normalized spacial score (nSPS) is 10.1. The highest BCUT2D eigenvalue weighted by Crippen LogP contribution is 2.00. The van der Waals surface area contributed by atoms with Crippen LogP contribution in [0.25, 0.3) is 0 Å². The van der Waals surface area contributed by atoms with Gasteiger partial charge in [-0.1, -0.05) is 0 Å². The summed E-state index contributed by atoms with van der Waals surface area (Å²) >= 11 is 0. The van der Waals surface area contributed by atoms with E-state index in [0.29, 0.717) is 0 Å². The lowest BCUT2D eigenvalue weighted by atomic mass is 10.3. The van der Waals surface area contributed by atoms with Crippen LogP contribution < -0.4 is 0 Å². The maximum absolute atomic E-state index is 11.3. The zero-order valence-electron chi connectivity index (χ0n) is 9.71. The number of carbonyl (C=O) groups excluding carboxylic acids is 2. The molecule has 0 unspecified atom stereocenters. The molecule has 0 rings (SSSR count). The predicted molar refractivity (Wildman–Crippen MR) is 54.9 cm³/mol. The highest BCUT2D eigenvalue weighted by molar-refractivity contribution is 5.98. The summed E-state index contributed by atoms with van der Waals surface area (Å²) in [6.45, 7) is 2.42. The standard InChI is InChI=1S/C9H15NO7/c1-3-15-8(11)7(9(12)16-4-2)17-6-5-10(13)14/h7H,3-6H2,1-2H3. The first-order valence-corrected chi connectivity index (χ1v) is 5.09. The zero-order chi connectivity index (χ0) is 13.3. The summed E-state index contributed by atoms with van der Waals surface area (Å²) in [5, 5.41) is 10.1. The minimum Gasteiger partial charge on any atom is -0.464 e. The fraction of sp³-hybridized carbons (Fsp3) is 0.778. The quantitative estimate of drug-likeness (QED) is 0.253. The van der Waals surface area contributed by atoms with Crippen LogP contribution in [-0.4, -0.2) is 49.3 Å². The fourth-order valence-corrected chi connectivity index (χ4v) is 0.913. The van der Waals surface area contributed by atoms with Crippen molar-refractivity contribution in [3.05, 3.63) is 10.1 Å². The monoisotopic (exact) mass is 249 g/mol. The van der Waals surface area contributed by atoms with Crippen LogP contribution in [0.1, 0.15) is 13.8 Å². The summed E-state index contributed by atoms with van der Waals surface area (Å²) in [6, 6.07) is 0. The molecule has 0 aliphatic carbocycles. The molecule has 0 spiro atoms. The van der Waals surface area contributed by atoms with Crippen LogP contribution in [0.2, 0.25) is 0 Å². The van der Waals surface area contributed by atoms with E-state index in [-0.39, 0.29) is 19.8 Å². The van der Waals surface area contributed by atoms with E-state index < -0.39 is 29.5 Å². The number of carbonyl (C=O) groups is 2. The average Bonchev–Trinajstić information content (AvgIpc) is 2.24. The Balaban J connectivity index is 4.34. The second kappa shape index (κ2) is 8.45. The molecule has 0 aliphatic heterocycles. The van der Waals surface area contributed by atoms with Gasteiger partial charge in [0.05, 0.1) is 13.2 Å². The van der Waals surface area contributed by atoms with Gasteiger partial charge in [-0.25, -0.2) is 9.59 Å². The topological polar surface area (TPSA) is 105 Å². The van der Waals surface area contributed by atoms with E-state index in [1.807, 2.05) is 0 Å². The van der Waals surface area contributed by atoms with Gasteiger partial charge >= 0.3 is 11.9 Å². The molecule has 0 bridgehead atoms. The number of hydrogen-bond donors (Lipinski definition) is 0. The van der Waals surface area contributed by atoms with Gasteiger partial charge in [-0.05, 0) is 13.8 Å². The van der Waals surface area contributed by atoms with Crippen molar-refractivity contribution >= 4 is 11.9 Å². The van der Waals surface area contributed by atoms with Gasteiger partial charge in [0.1, 0.15) is 6.61 Å². The second-order valence-electron chi connectivity index (χ2n) is 2.81. The Morgan fingerprint density at radius 3 is 2.00 bits per heavy atom. The molecular weight excluding hydrogens is 234 g/mol. The van der Waals surface area contributed by atoms with E-state index in [1.54, 1.807) is 13.8 Å². The van der Waals surface area contributed by atoms with Gasteiger partial charge < -0.3 is 14.2 Å². The average molecular weight is 249 g/mol. The highest BCUT2D eigenvalue weighted by Gasteiger charge is 2.30. The molecule has 0 fully saturated rings. The molecule has 0 aliphatic rings. The Bertz CT molecular complexity index is 261. The number of rotatable bonds is 8. The van der Waals surface area contributed by atoms with Gasteiger partial charge in [0.15, 0.2) is 0 Å². The van der Waals surface area contributed by atoms with Gasteiger partial charge in [0.25, 0.3) is 6.10 Å². The fourth-order valence-electron chi connectivity index (χ4n) is 0.913. The first-order valence-electron chi connectivity index (χ1n) is 5.09. The van der Waals surface area contributed by atoms with E-state index in [9.17, 15) is 19.7 Å². The Hall–Kier alpha value is -1.70. The Morgan fingerprint density at radius 2 is 1.65 bits per heavy atom. The molecule has 8 heteroatoms. The summed E-state index contributed by atoms with van der Waals surface area (Å²) in [5.74, 6) is -1.82. The lowest BCUT2D eigenvalue weighted by Crippen LogP contribution is -2.37. The van der Waals surface area contributed by atoms with Crippen molar-refractivity contribution in [3.8, 4) is 0 Å². The molecule has 0 radical (unpaired) electrons. The summed E-state index contributed by atoms with van der Waals surface area (Å²) in [7, 11) is 0. The van der Waals surface area contributed by atoms with Crippen LogP contribution in [-0.2, 0) is 23.8 Å². The van der Waals surface area contributed by atoms with E-state index in [4.69, 9.17) is 4.74 Å². The molecule has 0 aromatic heterocycles. The van der Waals surface area contributed by atoms with Crippen LogP contribution >= 0.6 is 0 Å². The molecule has 0 N–H and O–H groups in total. The smallest absolute Gasteiger partial charge is 0.347 e. The van der Waals surface area contributed by atoms with Gasteiger partial charge in [-0.15, -0.1) is 0 Å². The summed E-state index contributed by atoms with van der Waals surface area (Å²) in [4.78, 5) is 32.1. The molecule has 0 aromatic carbocycles. The minimum atomic E-state index is -1.56. The summed E-state index contributed by atoms with van der Waals surface area (Å²) in [6.07, 6.45) is -1.56. The highest BCUT2D eigenvalue weighted by atomic mass is 16.6. The van der Waals surface area contributed by atoms with Crippen molar-refractivity contribution in [2.75, 3.05) is 26.4 Å². The van der Waals surface area contributed by atoms with E-state index in [2.05, 4.69) is 9.47 Å². The van der Waals surface area contributed by atoms with Crippen LogP contribution in [0.15, 0.2) is 0 Å². The molecule has 0 atom stereocenters. The number of esters is 2. The minimum absolute atomic E-state index is 0.0767. The molecule has 0 aromatic rings. The van der Waals surface area contributed by atoms with Crippen molar-refractivity contribution in [2.24, 2.45) is 0 Å².